The number of hydrogen-bond donors (Lipinski definition) is 2. The highest BCUT2D eigenvalue weighted by Gasteiger charge is 2.44. The van der Waals surface area contributed by atoms with E-state index in [9.17, 15) is 27.2 Å². The van der Waals surface area contributed by atoms with Gasteiger partial charge in [0.15, 0.2) is 0 Å². The Bertz CT molecular complexity index is 666. The van der Waals surface area contributed by atoms with Gasteiger partial charge in [-0.25, -0.2) is 9.18 Å². The van der Waals surface area contributed by atoms with Gasteiger partial charge in [0.2, 0.25) is 0 Å². The van der Waals surface area contributed by atoms with E-state index < -0.39 is 30.2 Å². The van der Waals surface area contributed by atoms with Gasteiger partial charge < -0.3 is 20.1 Å². The van der Waals surface area contributed by atoms with Crippen molar-refractivity contribution in [3.05, 3.63) is 29.0 Å². The van der Waals surface area contributed by atoms with Crippen LogP contribution in [0, 0.1) is 5.82 Å². The Labute approximate surface area is 150 Å². The first kappa shape index (κ1) is 20.2. The maximum atomic E-state index is 13.4. The molecule has 11 heteroatoms. The first-order valence-electron chi connectivity index (χ1n) is 7.57. The SMILES string of the molecule is O=C(NC1CCNCC1)C(OC(=O)C(F)(F)F)Oc1ccc(Cl)c(F)c1. The van der Waals surface area contributed by atoms with Crippen LogP contribution in [0.3, 0.4) is 0 Å². The van der Waals surface area contributed by atoms with Gasteiger partial charge in [-0.3, -0.25) is 4.79 Å². The van der Waals surface area contributed by atoms with E-state index in [0.717, 1.165) is 18.2 Å². The molecule has 1 aromatic rings. The maximum Gasteiger partial charge on any atom is 0.491 e. The van der Waals surface area contributed by atoms with Crippen molar-refractivity contribution in [1.82, 2.24) is 10.6 Å². The summed E-state index contributed by atoms with van der Waals surface area (Å²) < 4.78 is 59.8. The molecule has 0 saturated carbocycles. The Morgan fingerprint density at radius 1 is 1.27 bits per heavy atom. The van der Waals surface area contributed by atoms with Gasteiger partial charge in [-0.15, -0.1) is 0 Å². The zero-order valence-electron chi connectivity index (χ0n) is 13.2. The lowest BCUT2D eigenvalue weighted by Crippen LogP contribution is -2.50. The number of carbonyl (C=O) groups is 2. The summed E-state index contributed by atoms with van der Waals surface area (Å²) >= 11 is 5.50. The minimum Gasteiger partial charge on any atom is -0.446 e. The van der Waals surface area contributed by atoms with E-state index in [1.165, 1.54) is 0 Å². The van der Waals surface area contributed by atoms with Gasteiger partial charge >= 0.3 is 24.3 Å². The molecule has 0 bridgehead atoms. The summed E-state index contributed by atoms with van der Waals surface area (Å²) in [7, 11) is 0. The van der Waals surface area contributed by atoms with E-state index in [1.807, 2.05) is 0 Å². The lowest BCUT2D eigenvalue weighted by Gasteiger charge is -2.26. The molecule has 0 radical (unpaired) electrons. The number of rotatable bonds is 5. The molecule has 6 nitrogen and oxygen atoms in total. The van der Waals surface area contributed by atoms with Crippen molar-refractivity contribution in [3.63, 3.8) is 0 Å². The molecule has 1 fully saturated rings. The van der Waals surface area contributed by atoms with Crippen LogP contribution in [0.25, 0.3) is 0 Å². The summed E-state index contributed by atoms with van der Waals surface area (Å²) in [5.74, 6) is -4.92. The molecule has 0 aromatic heterocycles. The summed E-state index contributed by atoms with van der Waals surface area (Å²) in [5.41, 5.74) is 0. The van der Waals surface area contributed by atoms with Crippen molar-refractivity contribution in [2.75, 3.05) is 13.1 Å². The van der Waals surface area contributed by atoms with Crippen LogP contribution in [0.15, 0.2) is 18.2 Å². The smallest absolute Gasteiger partial charge is 0.446 e. The predicted molar refractivity (Wildman–Crippen MR) is 82.0 cm³/mol. The summed E-state index contributed by atoms with van der Waals surface area (Å²) in [6, 6.07) is 2.65. The van der Waals surface area contributed by atoms with Crippen molar-refractivity contribution in [2.24, 2.45) is 0 Å². The molecule has 1 saturated heterocycles. The highest BCUT2D eigenvalue weighted by Crippen LogP contribution is 2.23. The molecular formula is C15H15ClF4N2O4. The van der Waals surface area contributed by atoms with Gasteiger partial charge in [0.05, 0.1) is 5.02 Å². The summed E-state index contributed by atoms with van der Waals surface area (Å²) in [6.07, 6.45) is -6.47. The number of alkyl halides is 3. The minimum absolute atomic E-state index is 0.250. The molecule has 0 spiro atoms. The largest absolute Gasteiger partial charge is 0.491 e. The first-order valence-corrected chi connectivity index (χ1v) is 7.95. The molecule has 1 amide bonds. The second-order valence-corrected chi connectivity index (χ2v) is 5.87. The summed E-state index contributed by atoms with van der Waals surface area (Å²) in [5, 5.41) is 5.25. The molecule has 1 heterocycles. The quantitative estimate of drug-likeness (QED) is 0.451. The highest BCUT2D eigenvalue weighted by molar-refractivity contribution is 6.30. The number of ether oxygens (including phenoxy) is 2. The Balaban J connectivity index is 2.12. The summed E-state index contributed by atoms with van der Waals surface area (Å²) in [4.78, 5) is 23.3. The highest BCUT2D eigenvalue weighted by atomic mass is 35.5. The Hall–Kier alpha value is -2.07. The van der Waals surface area contributed by atoms with Gasteiger partial charge in [0.1, 0.15) is 11.6 Å². The number of nitrogens with one attached hydrogen (secondary N) is 2. The molecule has 2 N–H and O–H groups in total. The molecule has 0 aliphatic carbocycles. The molecule has 144 valence electrons. The van der Waals surface area contributed by atoms with Crippen molar-refractivity contribution in [1.29, 1.82) is 0 Å². The Morgan fingerprint density at radius 2 is 1.92 bits per heavy atom. The second kappa shape index (κ2) is 8.54. The van der Waals surface area contributed by atoms with E-state index in [4.69, 9.17) is 16.3 Å². The van der Waals surface area contributed by atoms with E-state index in [1.54, 1.807) is 0 Å². The molecule has 1 atom stereocenters. The molecule has 1 aliphatic rings. The molecule has 2 rings (SSSR count). The van der Waals surface area contributed by atoms with Crippen molar-refractivity contribution >= 4 is 23.5 Å². The number of halogens is 5. The molecule has 1 aromatic carbocycles. The minimum atomic E-state index is -5.32. The third-order valence-corrected chi connectivity index (χ3v) is 3.79. The molecular weight excluding hydrogens is 384 g/mol. The monoisotopic (exact) mass is 398 g/mol. The third-order valence-electron chi connectivity index (χ3n) is 3.48. The van der Waals surface area contributed by atoms with Gasteiger partial charge in [-0.1, -0.05) is 11.6 Å². The van der Waals surface area contributed by atoms with Crippen molar-refractivity contribution in [2.45, 2.75) is 31.3 Å². The zero-order chi connectivity index (χ0) is 19.3. The summed E-state index contributed by atoms with van der Waals surface area (Å²) in [6.45, 7) is 1.22. The van der Waals surface area contributed by atoms with Crippen LogP contribution >= 0.6 is 11.6 Å². The van der Waals surface area contributed by atoms with Gasteiger partial charge in [0.25, 0.3) is 0 Å². The first-order chi connectivity index (χ1) is 12.2. The fourth-order valence-electron chi connectivity index (χ4n) is 2.20. The van der Waals surface area contributed by atoms with Crippen LogP contribution in [-0.2, 0) is 14.3 Å². The average molecular weight is 399 g/mol. The zero-order valence-corrected chi connectivity index (χ0v) is 14.0. The number of esters is 1. The van der Waals surface area contributed by atoms with Crippen LogP contribution < -0.4 is 15.4 Å². The average Bonchev–Trinajstić information content (AvgIpc) is 2.57. The van der Waals surface area contributed by atoms with E-state index >= 15 is 0 Å². The van der Waals surface area contributed by atoms with Crippen LogP contribution in [0.4, 0.5) is 17.6 Å². The number of hydrogen-bond acceptors (Lipinski definition) is 5. The fourth-order valence-corrected chi connectivity index (χ4v) is 2.32. The van der Waals surface area contributed by atoms with Crippen molar-refractivity contribution in [3.8, 4) is 5.75 Å². The third kappa shape index (κ3) is 5.73. The molecule has 26 heavy (non-hydrogen) atoms. The normalized spacial score (nSPS) is 16.7. The van der Waals surface area contributed by atoms with Crippen molar-refractivity contribution < 1.29 is 36.6 Å². The number of piperidine rings is 1. The fraction of sp³-hybridized carbons (Fsp3) is 0.467. The lowest BCUT2D eigenvalue weighted by molar-refractivity contribution is -0.216. The van der Waals surface area contributed by atoms with Gasteiger partial charge in [0, 0.05) is 12.1 Å². The molecule has 1 aliphatic heterocycles. The number of carbonyl (C=O) groups excluding carboxylic acids is 2. The predicted octanol–water partition coefficient (Wildman–Crippen LogP) is 2.16. The molecule has 1 unspecified atom stereocenters. The Kier molecular flexibility index (Phi) is 6.65. The maximum absolute atomic E-state index is 13.4. The van der Waals surface area contributed by atoms with E-state index in [2.05, 4.69) is 15.4 Å². The van der Waals surface area contributed by atoms with Gasteiger partial charge in [-0.2, -0.15) is 13.2 Å². The number of amides is 1. The standard InChI is InChI=1S/C15H15ClF4N2O4/c16-10-2-1-9(7-11(10)17)25-13(26-14(24)15(18,19)20)12(23)22-8-3-5-21-6-4-8/h1-2,7-8,13,21H,3-6H2,(H,22,23). The topological polar surface area (TPSA) is 76.7 Å². The second-order valence-electron chi connectivity index (χ2n) is 5.46. The van der Waals surface area contributed by atoms with Gasteiger partial charge in [-0.05, 0) is 38.1 Å². The van der Waals surface area contributed by atoms with Crippen LogP contribution in [-0.4, -0.2) is 43.5 Å². The lowest BCUT2D eigenvalue weighted by atomic mass is 10.1. The van der Waals surface area contributed by atoms with Crippen LogP contribution in [0.1, 0.15) is 12.8 Å². The number of benzene rings is 1. The van der Waals surface area contributed by atoms with Crippen LogP contribution in [0.5, 0.6) is 5.75 Å². The van der Waals surface area contributed by atoms with E-state index in [-0.39, 0.29) is 16.8 Å². The van der Waals surface area contributed by atoms with E-state index in [0.29, 0.717) is 25.9 Å². The van der Waals surface area contributed by atoms with Crippen LogP contribution in [0.2, 0.25) is 5.02 Å². The Morgan fingerprint density at radius 3 is 2.50 bits per heavy atom.